The number of aryl methyl sites for hydroxylation is 2. The molecular formula is C37H40N8O8. The van der Waals surface area contributed by atoms with Gasteiger partial charge in [-0.15, -0.1) is 0 Å². The number of imide groups is 2. The van der Waals surface area contributed by atoms with E-state index in [2.05, 4.69) is 31.2 Å². The lowest BCUT2D eigenvalue weighted by Gasteiger charge is -2.24. The molecule has 0 aliphatic carbocycles. The lowest BCUT2D eigenvalue weighted by molar-refractivity contribution is -0.137. The van der Waals surface area contributed by atoms with E-state index in [9.17, 15) is 38.4 Å². The van der Waals surface area contributed by atoms with Crippen LogP contribution >= 0.6 is 0 Å². The SMILES string of the molecule is Cc1nc2cccc(NC(=O)CCCCCCCC(=O)Nc3cccc4nc(C)n([C@@H]5CCC(=O)NC5=O)c(=O)c34)c2c(=O)n1C1CCC(=O)NC1=O. The number of anilines is 2. The van der Waals surface area contributed by atoms with E-state index < -0.39 is 46.8 Å². The summed E-state index contributed by atoms with van der Waals surface area (Å²) in [5.41, 5.74) is 0.411. The van der Waals surface area contributed by atoms with Crippen LogP contribution in [-0.4, -0.2) is 54.5 Å². The third kappa shape index (κ3) is 7.90. The van der Waals surface area contributed by atoms with E-state index in [1.54, 1.807) is 50.2 Å². The van der Waals surface area contributed by atoms with Crippen LogP contribution in [0.25, 0.3) is 21.8 Å². The van der Waals surface area contributed by atoms with E-state index in [1.165, 1.54) is 9.13 Å². The minimum Gasteiger partial charge on any atom is -0.325 e. The van der Waals surface area contributed by atoms with E-state index in [4.69, 9.17) is 0 Å². The van der Waals surface area contributed by atoms with Gasteiger partial charge in [0.2, 0.25) is 35.4 Å². The number of carbonyl (C=O) groups is 6. The van der Waals surface area contributed by atoms with Crippen LogP contribution in [0, 0.1) is 13.8 Å². The van der Waals surface area contributed by atoms with Gasteiger partial charge in [0.1, 0.15) is 23.7 Å². The number of nitrogens with zero attached hydrogens (tertiary/aromatic N) is 4. The van der Waals surface area contributed by atoms with Gasteiger partial charge in [0, 0.05) is 25.7 Å². The van der Waals surface area contributed by atoms with Crippen LogP contribution in [0.2, 0.25) is 0 Å². The maximum absolute atomic E-state index is 13.6. The molecule has 2 aliphatic heterocycles. The Morgan fingerprint density at radius 2 is 1.04 bits per heavy atom. The maximum Gasteiger partial charge on any atom is 0.264 e. The van der Waals surface area contributed by atoms with Crippen LogP contribution in [0.4, 0.5) is 11.4 Å². The first-order chi connectivity index (χ1) is 25.4. The molecule has 16 nitrogen and oxygen atoms in total. The van der Waals surface area contributed by atoms with E-state index in [0.29, 0.717) is 46.9 Å². The molecule has 2 fully saturated rings. The molecule has 2 aromatic carbocycles. The predicted octanol–water partition coefficient (Wildman–Crippen LogP) is 2.99. The number of amides is 6. The number of aromatic nitrogens is 4. The fraction of sp³-hybridized carbons (Fsp3) is 0.405. The summed E-state index contributed by atoms with van der Waals surface area (Å²) >= 11 is 0. The third-order valence-electron chi connectivity index (χ3n) is 9.61. The van der Waals surface area contributed by atoms with Gasteiger partial charge in [-0.2, -0.15) is 0 Å². The van der Waals surface area contributed by atoms with Gasteiger partial charge in [-0.3, -0.25) is 58.1 Å². The lowest BCUT2D eigenvalue weighted by Crippen LogP contribution is -2.45. The molecule has 6 rings (SSSR count). The zero-order chi connectivity index (χ0) is 37.8. The second kappa shape index (κ2) is 15.7. The van der Waals surface area contributed by atoms with Gasteiger partial charge in [0.25, 0.3) is 11.1 Å². The Morgan fingerprint density at radius 1 is 0.642 bits per heavy atom. The number of unbranched alkanes of at least 4 members (excludes halogenated alkanes) is 4. The Balaban J connectivity index is 0.990. The number of carbonyl (C=O) groups excluding carboxylic acids is 6. The summed E-state index contributed by atoms with van der Waals surface area (Å²) in [6.45, 7) is 3.24. The molecule has 4 heterocycles. The molecule has 4 aromatic rings. The molecule has 6 amide bonds. The average Bonchev–Trinajstić information content (AvgIpc) is 3.09. The lowest BCUT2D eigenvalue weighted by atomic mass is 10.0. The van der Waals surface area contributed by atoms with Gasteiger partial charge >= 0.3 is 0 Å². The first kappa shape index (κ1) is 36.7. The summed E-state index contributed by atoms with van der Waals surface area (Å²) in [6, 6.07) is 8.17. The summed E-state index contributed by atoms with van der Waals surface area (Å²) in [7, 11) is 0. The van der Waals surface area contributed by atoms with Crippen LogP contribution < -0.4 is 32.4 Å². The van der Waals surface area contributed by atoms with Crippen molar-refractivity contribution in [1.82, 2.24) is 29.7 Å². The van der Waals surface area contributed by atoms with E-state index in [0.717, 1.165) is 19.3 Å². The fourth-order valence-corrected chi connectivity index (χ4v) is 7.03. The summed E-state index contributed by atoms with van der Waals surface area (Å²) in [6.07, 6.45) is 4.41. The van der Waals surface area contributed by atoms with E-state index in [-0.39, 0.29) is 61.1 Å². The summed E-state index contributed by atoms with van der Waals surface area (Å²) in [5.74, 6) is -1.81. The zero-order valence-corrected chi connectivity index (χ0v) is 29.5. The minimum absolute atomic E-state index is 0.105. The van der Waals surface area contributed by atoms with Gasteiger partial charge in [-0.25, -0.2) is 9.97 Å². The second-order valence-electron chi connectivity index (χ2n) is 13.4. The quantitative estimate of drug-likeness (QED) is 0.124. The molecule has 2 atom stereocenters. The number of rotatable bonds is 12. The van der Waals surface area contributed by atoms with Crippen molar-refractivity contribution in [3.63, 3.8) is 0 Å². The molecule has 1 unspecified atom stereocenters. The molecule has 53 heavy (non-hydrogen) atoms. The van der Waals surface area contributed by atoms with Crippen molar-refractivity contribution in [3.05, 3.63) is 68.8 Å². The van der Waals surface area contributed by atoms with Crippen molar-refractivity contribution in [2.75, 3.05) is 10.6 Å². The smallest absolute Gasteiger partial charge is 0.264 e. The predicted molar refractivity (Wildman–Crippen MR) is 194 cm³/mol. The number of hydrogen-bond acceptors (Lipinski definition) is 10. The van der Waals surface area contributed by atoms with E-state index in [1.807, 2.05) is 0 Å². The van der Waals surface area contributed by atoms with Crippen molar-refractivity contribution in [2.24, 2.45) is 0 Å². The van der Waals surface area contributed by atoms with Crippen molar-refractivity contribution in [1.29, 1.82) is 0 Å². The Hall–Kier alpha value is -6.06. The zero-order valence-electron chi connectivity index (χ0n) is 29.5. The topological polar surface area (TPSA) is 220 Å². The van der Waals surface area contributed by atoms with Gasteiger partial charge in [-0.05, 0) is 63.8 Å². The third-order valence-corrected chi connectivity index (χ3v) is 9.61. The molecule has 16 heteroatoms. The monoisotopic (exact) mass is 724 g/mol. The standard InChI is InChI=1S/C37H40N8O8/c1-20-38-22-10-8-12-24(32(22)36(52)44(20)26-16-18-30(48)42-34(26)50)40-28(46)14-6-4-3-5-7-15-29(47)41-25-13-9-11-23-33(25)37(53)45(21(2)39-23)27-17-19-31(49)43-35(27)51/h8-13,26-27H,3-7,14-19H2,1-2H3,(H,40,46)(H,41,47)(H,42,48,50)(H,43,49,51)/t26-,27?/m1/s1. The van der Waals surface area contributed by atoms with Crippen LogP contribution in [0.5, 0.6) is 0 Å². The van der Waals surface area contributed by atoms with Crippen LogP contribution in [0.3, 0.4) is 0 Å². The van der Waals surface area contributed by atoms with Crippen molar-refractivity contribution in [2.45, 2.75) is 96.6 Å². The van der Waals surface area contributed by atoms with Crippen molar-refractivity contribution >= 4 is 68.6 Å². The Kier molecular flexibility index (Phi) is 10.9. The molecule has 4 N–H and O–H groups in total. The molecule has 2 aromatic heterocycles. The highest BCUT2D eigenvalue weighted by Crippen LogP contribution is 2.25. The first-order valence-electron chi connectivity index (χ1n) is 17.7. The molecule has 0 radical (unpaired) electrons. The van der Waals surface area contributed by atoms with Crippen LogP contribution in [0.15, 0.2) is 46.0 Å². The van der Waals surface area contributed by atoms with E-state index >= 15 is 0 Å². The maximum atomic E-state index is 13.6. The second-order valence-corrected chi connectivity index (χ2v) is 13.4. The number of fused-ring (bicyclic) bond motifs is 2. The number of piperidine rings is 2. The average molecular weight is 725 g/mol. The Bertz CT molecular complexity index is 2140. The number of nitrogens with one attached hydrogen (secondary N) is 4. The molecule has 2 aliphatic rings. The normalized spacial score (nSPS) is 17.5. The van der Waals surface area contributed by atoms with Crippen LogP contribution in [-0.2, 0) is 28.8 Å². The molecule has 276 valence electrons. The highest BCUT2D eigenvalue weighted by molar-refractivity contribution is 6.03. The summed E-state index contributed by atoms with van der Waals surface area (Å²) in [4.78, 5) is 110. The number of hydrogen-bond donors (Lipinski definition) is 4. The molecule has 0 spiro atoms. The van der Waals surface area contributed by atoms with Gasteiger partial charge in [-0.1, -0.05) is 31.4 Å². The molecular weight excluding hydrogens is 684 g/mol. The van der Waals surface area contributed by atoms with Gasteiger partial charge in [0.15, 0.2) is 0 Å². The number of benzene rings is 2. The van der Waals surface area contributed by atoms with Gasteiger partial charge in [0.05, 0.1) is 33.2 Å². The Labute approximate surface area is 302 Å². The first-order valence-corrected chi connectivity index (χ1v) is 17.7. The minimum atomic E-state index is -0.878. The highest BCUT2D eigenvalue weighted by atomic mass is 16.2. The molecule has 0 bridgehead atoms. The van der Waals surface area contributed by atoms with Crippen molar-refractivity contribution in [3.8, 4) is 0 Å². The molecule has 0 saturated carbocycles. The van der Waals surface area contributed by atoms with Gasteiger partial charge < -0.3 is 10.6 Å². The van der Waals surface area contributed by atoms with Crippen LogP contribution in [0.1, 0.15) is 94.4 Å². The fourth-order valence-electron chi connectivity index (χ4n) is 7.03. The van der Waals surface area contributed by atoms with Crippen molar-refractivity contribution < 1.29 is 28.8 Å². The summed E-state index contributed by atoms with van der Waals surface area (Å²) in [5, 5.41) is 10.5. The molecule has 2 saturated heterocycles. The highest BCUT2D eigenvalue weighted by Gasteiger charge is 2.32. The summed E-state index contributed by atoms with van der Waals surface area (Å²) < 4.78 is 2.56. The Morgan fingerprint density at radius 3 is 1.43 bits per heavy atom. The largest absolute Gasteiger partial charge is 0.325 e.